The van der Waals surface area contributed by atoms with Gasteiger partial charge < -0.3 is 5.32 Å². The van der Waals surface area contributed by atoms with Crippen LogP contribution in [0.15, 0.2) is 12.4 Å². The maximum atomic E-state index is 11.7. The third kappa shape index (κ3) is 7.91. The van der Waals surface area contributed by atoms with Crippen molar-refractivity contribution < 1.29 is 8.42 Å². The van der Waals surface area contributed by atoms with Crippen LogP contribution < -0.4 is 10.0 Å². The van der Waals surface area contributed by atoms with Crippen LogP contribution >= 0.6 is 0 Å². The first-order valence-corrected chi connectivity index (χ1v) is 8.19. The van der Waals surface area contributed by atoms with E-state index in [0.29, 0.717) is 32.0 Å². The molecule has 0 aliphatic carbocycles. The number of rotatable bonds is 10. The van der Waals surface area contributed by atoms with Gasteiger partial charge in [0, 0.05) is 25.3 Å². The molecule has 0 aromatic carbocycles. The number of nitrogens with one attached hydrogen (secondary N) is 2. The molecule has 0 radical (unpaired) electrons. The summed E-state index contributed by atoms with van der Waals surface area (Å²) < 4.78 is 27.6. The fraction of sp³-hybridized carbons (Fsp3) is 0.818. The largest absolute Gasteiger partial charge is 0.314 e. The molecule has 0 amide bonds. The average Bonchev–Trinajstić information content (AvgIpc) is 2.83. The molecule has 0 bridgehead atoms. The second kappa shape index (κ2) is 8.23. The number of hydrogen-bond donors (Lipinski definition) is 2. The summed E-state index contributed by atoms with van der Waals surface area (Å²) in [6.45, 7) is 5.89. The summed E-state index contributed by atoms with van der Waals surface area (Å²) in [7, 11) is -3.16. The fourth-order valence-corrected chi connectivity index (χ4v) is 2.67. The van der Waals surface area contributed by atoms with Gasteiger partial charge in [-0.15, -0.1) is 5.10 Å². The lowest BCUT2D eigenvalue weighted by Crippen LogP contribution is -2.31. The lowest BCUT2D eigenvalue weighted by Gasteiger charge is -2.09. The third-order valence-corrected chi connectivity index (χ3v) is 3.97. The normalized spacial score (nSPS) is 12.2. The van der Waals surface area contributed by atoms with E-state index in [4.69, 9.17) is 0 Å². The summed E-state index contributed by atoms with van der Waals surface area (Å²) in [6.07, 6.45) is 4.68. The summed E-state index contributed by atoms with van der Waals surface area (Å²) in [6, 6.07) is 0.387. The molecular weight excluding hydrogens is 266 g/mol. The van der Waals surface area contributed by atoms with Crippen LogP contribution in [0.25, 0.3) is 0 Å². The van der Waals surface area contributed by atoms with Crippen LogP contribution in [-0.2, 0) is 16.6 Å². The van der Waals surface area contributed by atoms with E-state index in [-0.39, 0.29) is 5.75 Å². The van der Waals surface area contributed by atoms with Gasteiger partial charge in [0.25, 0.3) is 0 Å². The molecule has 0 saturated carbocycles. The van der Waals surface area contributed by atoms with E-state index >= 15 is 0 Å². The van der Waals surface area contributed by atoms with E-state index in [1.807, 2.05) is 13.8 Å². The van der Waals surface area contributed by atoms with Gasteiger partial charge in [-0.1, -0.05) is 19.1 Å². The monoisotopic (exact) mass is 289 g/mol. The first-order chi connectivity index (χ1) is 8.99. The van der Waals surface area contributed by atoms with Crippen LogP contribution in [0.4, 0.5) is 0 Å². The smallest absolute Gasteiger partial charge is 0.211 e. The molecule has 0 spiro atoms. The van der Waals surface area contributed by atoms with Gasteiger partial charge in [-0.2, -0.15) is 0 Å². The lowest BCUT2D eigenvalue weighted by atomic mass is 10.4. The maximum absolute atomic E-state index is 11.7. The molecule has 0 atom stereocenters. The predicted octanol–water partition coefficient (Wildman–Crippen LogP) is -0.0243. The minimum Gasteiger partial charge on any atom is -0.314 e. The first-order valence-electron chi connectivity index (χ1n) is 6.54. The van der Waals surface area contributed by atoms with Crippen molar-refractivity contribution in [1.29, 1.82) is 0 Å². The average molecular weight is 289 g/mol. The second-order valence-electron chi connectivity index (χ2n) is 4.70. The number of nitrogens with zero attached hydrogens (tertiary/aromatic N) is 3. The number of aryl methyl sites for hydroxylation is 1. The highest BCUT2D eigenvalue weighted by atomic mass is 32.2. The van der Waals surface area contributed by atoms with Crippen molar-refractivity contribution in [2.45, 2.75) is 39.3 Å². The molecule has 1 rings (SSSR count). The zero-order valence-corrected chi connectivity index (χ0v) is 12.4. The molecule has 7 nitrogen and oxygen atoms in total. The van der Waals surface area contributed by atoms with Gasteiger partial charge in [0.1, 0.15) is 0 Å². The molecule has 0 saturated heterocycles. The van der Waals surface area contributed by atoms with E-state index in [0.717, 1.165) is 6.54 Å². The molecule has 19 heavy (non-hydrogen) atoms. The molecule has 1 heterocycles. The van der Waals surface area contributed by atoms with Crippen molar-refractivity contribution in [3.05, 3.63) is 12.4 Å². The molecule has 1 aromatic rings. The van der Waals surface area contributed by atoms with E-state index in [2.05, 4.69) is 20.4 Å². The van der Waals surface area contributed by atoms with E-state index in [1.165, 1.54) is 0 Å². The predicted molar refractivity (Wildman–Crippen MR) is 74.2 cm³/mol. The molecule has 8 heteroatoms. The van der Waals surface area contributed by atoms with E-state index in [1.54, 1.807) is 17.1 Å². The Morgan fingerprint density at radius 3 is 2.68 bits per heavy atom. The quantitative estimate of drug-likeness (QED) is 0.591. The fourth-order valence-electron chi connectivity index (χ4n) is 1.55. The van der Waals surface area contributed by atoms with Crippen molar-refractivity contribution in [2.75, 3.05) is 18.8 Å². The minimum atomic E-state index is -3.16. The van der Waals surface area contributed by atoms with Gasteiger partial charge in [0.15, 0.2) is 0 Å². The molecular formula is C11H23N5O2S. The first kappa shape index (κ1) is 16.1. The van der Waals surface area contributed by atoms with Gasteiger partial charge in [-0.05, 0) is 19.4 Å². The van der Waals surface area contributed by atoms with Crippen LogP contribution in [0.3, 0.4) is 0 Å². The molecule has 0 aliphatic rings. The Bertz CT molecular complexity index is 430. The Morgan fingerprint density at radius 1 is 1.26 bits per heavy atom. The summed E-state index contributed by atoms with van der Waals surface area (Å²) in [5, 5.41) is 10.7. The van der Waals surface area contributed by atoms with Gasteiger partial charge >= 0.3 is 0 Å². The number of sulfonamides is 1. The Balaban J connectivity index is 2.09. The topological polar surface area (TPSA) is 88.9 Å². The molecule has 1 aromatic heterocycles. The van der Waals surface area contributed by atoms with Crippen LogP contribution in [0.1, 0.15) is 26.7 Å². The molecule has 0 fully saturated rings. The summed E-state index contributed by atoms with van der Waals surface area (Å²) >= 11 is 0. The summed E-state index contributed by atoms with van der Waals surface area (Å²) in [4.78, 5) is 0. The van der Waals surface area contributed by atoms with E-state index in [9.17, 15) is 8.42 Å². The highest BCUT2D eigenvalue weighted by molar-refractivity contribution is 7.89. The Hall–Kier alpha value is -0.990. The lowest BCUT2D eigenvalue weighted by molar-refractivity contribution is 0.538. The molecule has 0 unspecified atom stereocenters. The van der Waals surface area contributed by atoms with Crippen molar-refractivity contribution >= 4 is 10.0 Å². The van der Waals surface area contributed by atoms with Crippen molar-refractivity contribution in [3.8, 4) is 0 Å². The second-order valence-corrected chi connectivity index (χ2v) is 6.62. The highest BCUT2D eigenvalue weighted by Crippen LogP contribution is 1.92. The van der Waals surface area contributed by atoms with Gasteiger partial charge in [0.2, 0.25) is 10.0 Å². The van der Waals surface area contributed by atoms with Gasteiger partial charge in [-0.25, -0.2) is 13.1 Å². The maximum Gasteiger partial charge on any atom is 0.211 e. The number of hydrogen-bond acceptors (Lipinski definition) is 5. The van der Waals surface area contributed by atoms with Crippen molar-refractivity contribution in [1.82, 2.24) is 25.0 Å². The van der Waals surface area contributed by atoms with E-state index < -0.39 is 10.0 Å². The standard InChI is InChI=1S/C11H23N5O2S/c1-11(2)12-5-4-10-19(17,18)14-6-3-8-16-9-7-13-15-16/h7,9,11-12,14H,3-6,8,10H2,1-2H3. The van der Waals surface area contributed by atoms with Crippen LogP contribution in [-0.4, -0.2) is 48.3 Å². The van der Waals surface area contributed by atoms with Crippen LogP contribution in [0, 0.1) is 0 Å². The Labute approximate surface area is 114 Å². The Morgan fingerprint density at radius 2 is 2.05 bits per heavy atom. The zero-order chi connectivity index (χ0) is 14.1. The summed E-state index contributed by atoms with van der Waals surface area (Å²) in [5.74, 6) is 0.163. The van der Waals surface area contributed by atoms with Crippen LogP contribution in [0.5, 0.6) is 0 Å². The van der Waals surface area contributed by atoms with Crippen molar-refractivity contribution in [2.24, 2.45) is 0 Å². The number of aromatic nitrogens is 3. The SMILES string of the molecule is CC(C)NCCCS(=O)(=O)NCCCn1ccnn1. The van der Waals surface area contributed by atoms with Gasteiger partial charge in [-0.3, -0.25) is 4.68 Å². The van der Waals surface area contributed by atoms with Gasteiger partial charge in [0.05, 0.1) is 11.9 Å². The minimum absolute atomic E-state index is 0.163. The van der Waals surface area contributed by atoms with Crippen LogP contribution in [0.2, 0.25) is 0 Å². The Kier molecular flexibility index (Phi) is 6.96. The molecule has 2 N–H and O–H groups in total. The van der Waals surface area contributed by atoms with Crippen molar-refractivity contribution in [3.63, 3.8) is 0 Å². The zero-order valence-electron chi connectivity index (χ0n) is 11.5. The molecule has 110 valence electrons. The highest BCUT2D eigenvalue weighted by Gasteiger charge is 2.08. The summed E-state index contributed by atoms with van der Waals surface area (Å²) in [5.41, 5.74) is 0. The third-order valence-electron chi connectivity index (χ3n) is 2.50. The molecule has 0 aliphatic heterocycles.